The van der Waals surface area contributed by atoms with Crippen LogP contribution in [0.25, 0.3) is 0 Å². The lowest BCUT2D eigenvalue weighted by Crippen LogP contribution is -2.43. The van der Waals surface area contributed by atoms with Gasteiger partial charge in [-0.05, 0) is 19.3 Å². The molecule has 0 bridgehead atoms. The number of rotatable bonds is 3. The van der Waals surface area contributed by atoms with Crippen molar-refractivity contribution >= 4 is 0 Å². The molecule has 1 saturated heterocycles. The molecule has 2 fully saturated rings. The van der Waals surface area contributed by atoms with E-state index in [0.29, 0.717) is 13.0 Å². The van der Waals surface area contributed by atoms with E-state index in [1.807, 2.05) is 13.8 Å². The molecular weight excluding hydrogens is 196 g/mol. The molecule has 15 heavy (non-hydrogen) atoms. The lowest BCUT2D eigenvalue weighted by atomic mass is 9.84. The van der Waals surface area contributed by atoms with Crippen LogP contribution >= 0.6 is 0 Å². The van der Waals surface area contributed by atoms with Crippen LogP contribution in [0.15, 0.2) is 0 Å². The number of aliphatic hydroxyl groups is 2. The highest BCUT2D eigenvalue weighted by molar-refractivity contribution is 5.04. The van der Waals surface area contributed by atoms with Gasteiger partial charge in [-0.15, -0.1) is 0 Å². The second-order valence-electron chi connectivity index (χ2n) is 4.69. The lowest BCUT2D eigenvalue weighted by Gasteiger charge is -2.30. The minimum absolute atomic E-state index is 0.0223. The van der Waals surface area contributed by atoms with E-state index in [2.05, 4.69) is 0 Å². The Kier molecular flexibility index (Phi) is 3.03. The van der Waals surface area contributed by atoms with Gasteiger partial charge < -0.3 is 19.7 Å². The predicted octanol–water partition coefficient (Wildman–Crippen LogP) is 0.517. The molecule has 0 unspecified atom stereocenters. The molecule has 0 amide bonds. The largest absolute Gasteiger partial charge is 0.393 e. The zero-order valence-electron chi connectivity index (χ0n) is 9.35. The summed E-state index contributed by atoms with van der Waals surface area (Å²) < 4.78 is 11.1. The molecule has 88 valence electrons. The summed E-state index contributed by atoms with van der Waals surface area (Å²) in [7, 11) is 0. The van der Waals surface area contributed by atoms with Crippen molar-refractivity contribution < 1.29 is 19.7 Å². The third-order valence-corrected chi connectivity index (χ3v) is 3.91. The maximum atomic E-state index is 10.3. The molecule has 4 nitrogen and oxygen atoms in total. The molecule has 2 N–H and O–H groups in total. The van der Waals surface area contributed by atoms with Gasteiger partial charge in [0.05, 0.1) is 18.3 Å². The highest BCUT2D eigenvalue weighted by atomic mass is 16.7. The summed E-state index contributed by atoms with van der Waals surface area (Å²) in [5.74, 6) is 0.120. The van der Waals surface area contributed by atoms with E-state index in [1.165, 1.54) is 0 Å². The fourth-order valence-corrected chi connectivity index (χ4v) is 2.93. The molecular formula is C11H20O4. The van der Waals surface area contributed by atoms with E-state index in [1.54, 1.807) is 0 Å². The number of aliphatic hydroxyl groups excluding tert-OH is 1. The van der Waals surface area contributed by atoms with Gasteiger partial charge in [-0.2, -0.15) is 0 Å². The van der Waals surface area contributed by atoms with Crippen LogP contribution in [0.5, 0.6) is 0 Å². The SMILES string of the molecule is CCO[C@@H]1C[C@H]2[C@H](C[C@H](C)[C@@]2(O)CO)O1. The summed E-state index contributed by atoms with van der Waals surface area (Å²) in [4.78, 5) is 0. The highest BCUT2D eigenvalue weighted by Crippen LogP contribution is 2.48. The molecule has 1 aliphatic carbocycles. The van der Waals surface area contributed by atoms with Crippen LogP contribution in [-0.2, 0) is 9.47 Å². The van der Waals surface area contributed by atoms with Gasteiger partial charge in [0, 0.05) is 18.9 Å². The minimum atomic E-state index is -0.976. The zero-order valence-corrected chi connectivity index (χ0v) is 9.35. The normalized spacial score (nSPS) is 49.6. The number of hydrogen-bond donors (Lipinski definition) is 2. The molecule has 1 saturated carbocycles. The van der Waals surface area contributed by atoms with E-state index in [9.17, 15) is 10.2 Å². The summed E-state index contributed by atoms with van der Waals surface area (Å²) in [5.41, 5.74) is -0.976. The zero-order chi connectivity index (χ0) is 11.1. The maximum Gasteiger partial charge on any atom is 0.158 e. The van der Waals surface area contributed by atoms with E-state index in [4.69, 9.17) is 9.47 Å². The molecule has 2 rings (SSSR count). The van der Waals surface area contributed by atoms with Crippen molar-refractivity contribution in [3.05, 3.63) is 0 Å². The Balaban J connectivity index is 2.06. The van der Waals surface area contributed by atoms with Crippen molar-refractivity contribution in [3.63, 3.8) is 0 Å². The van der Waals surface area contributed by atoms with Gasteiger partial charge in [0.25, 0.3) is 0 Å². The van der Waals surface area contributed by atoms with Gasteiger partial charge in [0.2, 0.25) is 0 Å². The molecule has 2 aliphatic rings. The molecule has 0 aromatic heterocycles. The first-order valence-corrected chi connectivity index (χ1v) is 5.72. The predicted molar refractivity (Wildman–Crippen MR) is 54.2 cm³/mol. The van der Waals surface area contributed by atoms with Gasteiger partial charge in [0.15, 0.2) is 6.29 Å². The summed E-state index contributed by atoms with van der Waals surface area (Å²) in [6.45, 7) is 4.33. The molecule has 4 heteroatoms. The summed E-state index contributed by atoms with van der Waals surface area (Å²) in [6.07, 6.45) is 1.36. The van der Waals surface area contributed by atoms with Crippen molar-refractivity contribution in [3.8, 4) is 0 Å². The van der Waals surface area contributed by atoms with Crippen LogP contribution < -0.4 is 0 Å². The minimum Gasteiger partial charge on any atom is -0.393 e. The van der Waals surface area contributed by atoms with Crippen LogP contribution in [0.4, 0.5) is 0 Å². The second kappa shape index (κ2) is 4.01. The Morgan fingerprint density at radius 2 is 2.20 bits per heavy atom. The fraction of sp³-hybridized carbons (Fsp3) is 1.00. The molecule has 0 spiro atoms. The van der Waals surface area contributed by atoms with E-state index in [-0.39, 0.29) is 30.8 Å². The molecule has 1 heterocycles. The summed E-state index contributed by atoms with van der Waals surface area (Å²) in [5, 5.41) is 19.7. The molecule has 0 aromatic rings. The third-order valence-electron chi connectivity index (χ3n) is 3.91. The number of ether oxygens (including phenoxy) is 2. The van der Waals surface area contributed by atoms with E-state index in [0.717, 1.165) is 6.42 Å². The van der Waals surface area contributed by atoms with Crippen molar-refractivity contribution in [1.82, 2.24) is 0 Å². The Labute approximate surface area is 90.2 Å². The van der Waals surface area contributed by atoms with Crippen molar-refractivity contribution in [2.24, 2.45) is 11.8 Å². The van der Waals surface area contributed by atoms with Crippen LogP contribution in [-0.4, -0.2) is 41.4 Å². The van der Waals surface area contributed by atoms with Crippen LogP contribution in [0.2, 0.25) is 0 Å². The molecule has 5 atom stereocenters. The van der Waals surface area contributed by atoms with Gasteiger partial charge in [-0.25, -0.2) is 0 Å². The number of hydrogen-bond acceptors (Lipinski definition) is 4. The third kappa shape index (κ3) is 1.69. The highest BCUT2D eigenvalue weighted by Gasteiger charge is 2.56. The van der Waals surface area contributed by atoms with E-state index < -0.39 is 5.60 Å². The van der Waals surface area contributed by atoms with E-state index >= 15 is 0 Å². The van der Waals surface area contributed by atoms with Crippen molar-refractivity contribution in [1.29, 1.82) is 0 Å². The van der Waals surface area contributed by atoms with Crippen LogP contribution in [0.3, 0.4) is 0 Å². The maximum absolute atomic E-state index is 10.3. The Morgan fingerprint density at radius 3 is 2.80 bits per heavy atom. The first-order chi connectivity index (χ1) is 7.11. The molecule has 1 aliphatic heterocycles. The van der Waals surface area contributed by atoms with Gasteiger partial charge in [-0.1, -0.05) is 6.92 Å². The van der Waals surface area contributed by atoms with Crippen molar-refractivity contribution in [2.45, 2.75) is 44.7 Å². The summed E-state index contributed by atoms with van der Waals surface area (Å²) in [6, 6.07) is 0. The first kappa shape index (κ1) is 11.3. The molecule has 0 aromatic carbocycles. The lowest BCUT2D eigenvalue weighted by molar-refractivity contribution is -0.132. The fourth-order valence-electron chi connectivity index (χ4n) is 2.93. The van der Waals surface area contributed by atoms with Crippen LogP contribution in [0.1, 0.15) is 26.7 Å². The van der Waals surface area contributed by atoms with Crippen LogP contribution in [0, 0.1) is 11.8 Å². The second-order valence-corrected chi connectivity index (χ2v) is 4.69. The first-order valence-electron chi connectivity index (χ1n) is 5.72. The standard InChI is InChI=1S/C11H20O4/c1-3-14-10-5-8-9(15-10)4-7(2)11(8,13)6-12/h7-10,12-13H,3-6H2,1-2H3/t7-,8-,9-,10-,11-/m0/s1. The van der Waals surface area contributed by atoms with Crippen molar-refractivity contribution in [2.75, 3.05) is 13.2 Å². The van der Waals surface area contributed by atoms with Gasteiger partial charge >= 0.3 is 0 Å². The quantitative estimate of drug-likeness (QED) is 0.722. The number of fused-ring (bicyclic) bond motifs is 1. The summed E-state index contributed by atoms with van der Waals surface area (Å²) >= 11 is 0. The Bertz CT molecular complexity index is 233. The average molecular weight is 216 g/mol. The monoisotopic (exact) mass is 216 g/mol. The van der Waals surface area contributed by atoms with Gasteiger partial charge in [-0.3, -0.25) is 0 Å². The Hall–Kier alpha value is -0.160. The smallest absolute Gasteiger partial charge is 0.158 e. The molecule has 0 radical (unpaired) electrons. The topological polar surface area (TPSA) is 58.9 Å². The Morgan fingerprint density at radius 1 is 1.47 bits per heavy atom. The van der Waals surface area contributed by atoms with Gasteiger partial charge in [0.1, 0.15) is 0 Å². The average Bonchev–Trinajstić information content (AvgIpc) is 2.69.